The lowest BCUT2D eigenvalue weighted by Crippen LogP contribution is -2.08. The van der Waals surface area contributed by atoms with Crippen LogP contribution >= 0.6 is 18.1 Å². The van der Waals surface area contributed by atoms with Gasteiger partial charge in [0, 0.05) is 6.54 Å². The van der Waals surface area contributed by atoms with Crippen molar-refractivity contribution < 1.29 is 9.46 Å². The summed E-state index contributed by atoms with van der Waals surface area (Å²) in [6.45, 7) is 1.05. The summed E-state index contributed by atoms with van der Waals surface area (Å²) in [6.07, 6.45) is 0.852. The van der Waals surface area contributed by atoms with Gasteiger partial charge in [0.1, 0.15) is 0 Å². The standard InChI is InChI=1S/C7H14NO2PS/c1-3-5-7-12-11(9,10)8-6-4-2/h4,6-7H2,1-2H3,(H2,8,9,10). The van der Waals surface area contributed by atoms with E-state index in [-0.39, 0.29) is 0 Å². The lowest BCUT2D eigenvalue weighted by Gasteiger charge is -2.09. The maximum atomic E-state index is 11.2. The fraction of sp³-hybridized carbons (Fsp3) is 0.714. The molecular formula is C7H14NO2PS. The van der Waals surface area contributed by atoms with Crippen molar-refractivity contribution in [2.24, 2.45) is 0 Å². The molecule has 0 aliphatic carbocycles. The normalized spacial score (nSPS) is 14.6. The molecule has 0 aliphatic heterocycles. The van der Waals surface area contributed by atoms with Crippen LogP contribution in [0.15, 0.2) is 0 Å². The summed E-state index contributed by atoms with van der Waals surface area (Å²) in [7, 11) is 0. The minimum absolute atomic E-state index is 0.404. The topological polar surface area (TPSA) is 49.3 Å². The molecule has 0 heterocycles. The van der Waals surface area contributed by atoms with Crippen LogP contribution in [0.1, 0.15) is 20.3 Å². The van der Waals surface area contributed by atoms with E-state index < -0.39 is 6.72 Å². The molecule has 0 radical (unpaired) electrons. The van der Waals surface area contributed by atoms with Gasteiger partial charge in [-0.2, -0.15) is 0 Å². The van der Waals surface area contributed by atoms with Gasteiger partial charge in [-0.3, -0.25) is 4.57 Å². The van der Waals surface area contributed by atoms with Gasteiger partial charge >= 0.3 is 6.72 Å². The van der Waals surface area contributed by atoms with Crippen LogP contribution in [0, 0.1) is 11.8 Å². The maximum absolute atomic E-state index is 11.2. The van der Waals surface area contributed by atoms with Gasteiger partial charge in [-0.05, 0) is 24.7 Å². The molecule has 0 rings (SSSR count). The Morgan fingerprint density at radius 3 is 2.83 bits per heavy atom. The molecule has 0 aromatic carbocycles. The average Bonchev–Trinajstić information content (AvgIpc) is 2.01. The molecule has 0 bridgehead atoms. The van der Waals surface area contributed by atoms with Crippen molar-refractivity contribution >= 4 is 18.1 Å². The molecule has 5 heteroatoms. The van der Waals surface area contributed by atoms with Crippen LogP contribution in [0.5, 0.6) is 0 Å². The van der Waals surface area contributed by atoms with Gasteiger partial charge in [-0.15, -0.1) is 5.92 Å². The summed E-state index contributed by atoms with van der Waals surface area (Å²) in [6, 6.07) is 0. The summed E-state index contributed by atoms with van der Waals surface area (Å²) >= 11 is 0.970. The largest absolute Gasteiger partial charge is 0.326 e. The van der Waals surface area contributed by atoms with Gasteiger partial charge in [-0.25, -0.2) is 5.09 Å². The van der Waals surface area contributed by atoms with Crippen molar-refractivity contribution in [1.82, 2.24) is 5.09 Å². The Morgan fingerprint density at radius 2 is 2.33 bits per heavy atom. The van der Waals surface area contributed by atoms with E-state index in [0.29, 0.717) is 12.3 Å². The third-order valence-electron chi connectivity index (χ3n) is 1.05. The second-order valence-corrected chi connectivity index (χ2v) is 6.29. The molecular weight excluding hydrogens is 193 g/mol. The number of hydrogen-bond acceptors (Lipinski definition) is 2. The second kappa shape index (κ2) is 6.56. The molecule has 0 spiro atoms. The lowest BCUT2D eigenvalue weighted by atomic mass is 10.5. The third kappa shape index (κ3) is 6.75. The molecule has 1 unspecified atom stereocenters. The lowest BCUT2D eigenvalue weighted by molar-refractivity contribution is 0.483. The van der Waals surface area contributed by atoms with Crippen LogP contribution in [0.3, 0.4) is 0 Å². The fourth-order valence-electron chi connectivity index (χ4n) is 0.491. The van der Waals surface area contributed by atoms with E-state index in [0.717, 1.165) is 17.8 Å². The molecule has 12 heavy (non-hydrogen) atoms. The summed E-state index contributed by atoms with van der Waals surface area (Å²) in [4.78, 5) is 9.21. The molecule has 0 aliphatic rings. The first-order chi connectivity index (χ1) is 5.62. The van der Waals surface area contributed by atoms with Crippen LogP contribution in [0.2, 0.25) is 0 Å². The Balaban J connectivity index is 3.69. The first-order valence-corrected chi connectivity index (χ1v) is 6.99. The summed E-state index contributed by atoms with van der Waals surface area (Å²) in [5.41, 5.74) is 0. The Bertz CT molecular complexity index is 221. The molecule has 0 aromatic heterocycles. The zero-order valence-electron chi connectivity index (χ0n) is 7.33. The molecule has 2 N–H and O–H groups in total. The minimum Gasteiger partial charge on any atom is -0.326 e. The highest BCUT2D eigenvalue weighted by Crippen LogP contribution is 2.49. The smallest absolute Gasteiger partial charge is 0.324 e. The number of rotatable bonds is 5. The van der Waals surface area contributed by atoms with Crippen molar-refractivity contribution in [1.29, 1.82) is 0 Å². The van der Waals surface area contributed by atoms with Crippen molar-refractivity contribution in [2.75, 3.05) is 12.3 Å². The van der Waals surface area contributed by atoms with E-state index in [1.165, 1.54) is 0 Å². The van der Waals surface area contributed by atoms with E-state index >= 15 is 0 Å². The van der Waals surface area contributed by atoms with Crippen LogP contribution < -0.4 is 5.09 Å². The SMILES string of the molecule is CC#CCSP(=O)(O)NCCC. The van der Waals surface area contributed by atoms with Gasteiger partial charge in [0.05, 0.1) is 5.75 Å². The van der Waals surface area contributed by atoms with Crippen molar-refractivity contribution in [2.45, 2.75) is 20.3 Å². The van der Waals surface area contributed by atoms with E-state index in [1.807, 2.05) is 6.92 Å². The van der Waals surface area contributed by atoms with Crippen LogP contribution in [0.4, 0.5) is 0 Å². The quantitative estimate of drug-likeness (QED) is 0.533. The van der Waals surface area contributed by atoms with Crippen LogP contribution in [0.25, 0.3) is 0 Å². The molecule has 0 fully saturated rings. The van der Waals surface area contributed by atoms with E-state index in [9.17, 15) is 9.46 Å². The van der Waals surface area contributed by atoms with Gasteiger partial charge in [0.25, 0.3) is 0 Å². The monoisotopic (exact) mass is 207 g/mol. The second-order valence-electron chi connectivity index (χ2n) is 2.13. The predicted octanol–water partition coefficient (Wildman–Crippen LogP) is 1.84. The Labute approximate surface area is 77.6 Å². The van der Waals surface area contributed by atoms with E-state index in [1.54, 1.807) is 6.92 Å². The Kier molecular flexibility index (Phi) is 6.60. The van der Waals surface area contributed by atoms with Gasteiger partial charge < -0.3 is 4.89 Å². The average molecular weight is 207 g/mol. The molecule has 70 valence electrons. The first-order valence-electron chi connectivity index (χ1n) is 3.74. The molecule has 1 atom stereocenters. The maximum Gasteiger partial charge on any atom is 0.324 e. The first kappa shape index (κ1) is 12.1. The van der Waals surface area contributed by atoms with E-state index in [2.05, 4.69) is 16.9 Å². The van der Waals surface area contributed by atoms with Crippen molar-refractivity contribution in [3.63, 3.8) is 0 Å². The van der Waals surface area contributed by atoms with E-state index in [4.69, 9.17) is 0 Å². The zero-order valence-corrected chi connectivity index (χ0v) is 9.04. The van der Waals surface area contributed by atoms with Gasteiger partial charge in [0.2, 0.25) is 0 Å². The highest BCUT2D eigenvalue weighted by Gasteiger charge is 2.15. The Hall–Kier alpha value is 0.0600. The highest BCUT2D eigenvalue weighted by atomic mass is 32.7. The molecule has 0 saturated carbocycles. The van der Waals surface area contributed by atoms with Gasteiger partial charge in [0.15, 0.2) is 0 Å². The number of nitrogens with one attached hydrogen (secondary N) is 1. The van der Waals surface area contributed by atoms with Crippen molar-refractivity contribution in [3.05, 3.63) is 0 Å². The van der Waals surface area contributed by atoms with Gasteiger partial charge in [-0.1, -0.05) is 12.8 Å². The van der Waals surface area contributed by atoms with Crippen molar-refractivity contribution in [3.8, 4) is 11.8 Å². The minimum atomic E-state index is -3.17. The third-order valence-corrected chi connectivity index (χ3v) is 4.12. The van der Waals surface area contributed by atoms with Crippen LogP contribution in [-0.4, -0.2) is 17.2 Å². The zero-order chi connectivity index (χ0) is 9.45. The molecule has 0 saturated heterocycles. The highest BCUT2D eigenvalue weighted by molar-refractivity contribution is 8.55. The Morgan fingerprint density at radius 1 is 1.67 bits per heavy atom. The molecule has 3 nitrogen and oxygen atoms in total. The fourth-order valence-corrected chi connectivity index (χ4v) is 2.74. The number of hydrogen-bond donors (Lipinski definition) is 2. The molecule has 0 aromatic rings. The summed E-state index contributed by atoms with van der Waals surface area (Å²) in [5.74, 6) is 5.79. The summed E-state index contributed by atoms with van der Waals surface area (Å²) < 4.78 is 11.2. The van der Waals surface area contributed by atoms with Crippen LogP contribution in [-0.2, 0) is 4.57 Å². The summed E-state index contributed by atoms with van der Waals surface area (Å²) in [5, 5.41) is 2.57. The molecule has 0 amide bonds. The predicted molar refractivity (Wildman–Crippen MR) is 54.0 cm³/mol.